The molecule has 1 fully saturated rings. The van der Waals surface area contributed by atoms with Crippen molar-refractivity contribution in [3.8, 4) is 11.5 Å². The van der Waals surface area contributed by atoms with Gasteiger partial charge in [0.05, 0.1) is 6.26 Å². The standard InChI is InChI=1S/C16H17N5O3/c1-19-5-4-17-16(19)21-8-6-20(7-9-21)15(22)12-11-14(24-18-12)13-3-2-10-23-13/h2-5,10-11H,6-9H2,1H3. The fourth-order valence-electron chi connectivity index (χ4n) is 2.84. The predicted octanol–water partition coefficient (Wildman–Crippen LogP) is 1.63. The molecule has 1 saturated heterocycles. The minimum Gasteiger partial charge on any atom is -0.461 e. The maximum absolute atomic E-state index is 12.6. The molecule has 1 amide bonds. The molecule has 8 heteroatoms. The van der Waals surface area contributed by atoms with Crippen LogP contribution in [0.25, 0.3) is 11.5 Å². The van der Waals surface area contributed by atoms with E-state index >= 15 is 0 Å². The molecule has 0 bridgehead atoms. The lowest BCUT2D eigenvalue weighted by atomic mass is 10.2. The first-order chi connectivity index (χ1) is 11.7. The van der Waals surface area contributed by atoms with Crippen molar-refractivity contribution in [2.75, 3.05) is 31.1 Å². The van der Waals surface area contributed by atoms with Gasteiger partial charge < -0.3 is 23.3 Å². The number of aromatic nitrogens is 3. The summed E-state index contributed by atoms with van der Waals surface area (Å²) in [6, 6.07) is 5.14. The minimum absolute atomic E-state index is 0.129. The minimum atomic E-state index is -0.129. The van der Waals surface area contributed by atoms with Crippen molar-refractivity contribution in [3.63, 3.8) is 0 Å². The molecule has 1 aliphatic heterocycles. The van der Waals surface area contributed by atoms with Crippen molar-refractivity contribution in [2.45, 2.75) is 0 Å². The van der Waals surface area contributed by atoms with Gasteiger partial charge in [0.1, 0.15) is 0 Å². The van der Waals surface area contributed by atoms with Crippen molar-refractivity contribution in [3.05, 3.63) is 42.5 Å². The number of carbonyl (C=O) groups is 1. The fourth-order valence-corrected chi connectivity index (χ4v) is 2.84. The largest absolute Gasteiger partial charge is 0.461 e. The number of amides is 1. The van der Waals surface area contributed by atoms with Crippen LogP contribution in [0.4, 0.5) is 5.95 Å². The third-order valence-corrected chi connectivity index (χ3v) is 4.14. The number of hydrogen-bond acceptors (Lipinski definition) is 6. The topological polar surface area (TPSA) is 80.5 Å². The molecule has 0 aliphatic carbocycles. The van der Waals surface area contributed by atoms with Crippen LogP contribution in [0.15, 0.2) is 45.8 Å². The molecular weight excluding hydrogens is 310 g/mol. The van der Waals surface area contributed by atoms with Crippen LogP contribution in [0.5, 0.6) is 0 Å². The predicted molar refractivity (Wildman–Crippen MR) is 85.5 cm³/mol. The summed E-state index contributed by atoms with van der Waals surface area (Å²) in [4.78, 5) is 20.9. The molecular formula is C16H17N5O3. The fraction of sp³-hybridized carbons (Fsp3) is 0.312. The normalized spacial score (nSPS) is 15.0. The van der Waals surface area contributed by atoms with Crippen molar-refractivity contribution < 1.29 is 13.7 Å². The van der Waals surface area contributed by atoms with Crippen LogP contribution >= 0.6 is 0 Å². The van der Waals surface area contributed by atoms with Crippen LogP contribution in [-0.2, 0) is 7.05 Å². The van der Waals surface area contributed by atoms with Crippen LogP contribution in [0.1, 0.15) is 10.5 Å². The van der Waals surface area contributed by atoms with Gasteiger partial charge >= 0.3 is 0 Å². The summed E-state index contributed by atoms with van der Waals surface area (Å²) in [7, 11) is 1.96. The number of hydrogen-bond donors (Lipinski definition) is 0. The number of imidazole rings is 1. The molecule has 4 heterocycles. The Morgan fingerprint density at radius 1 is 1.21 bits per heavy atom. The average Bonchev–Trinajstić information content (AvgIpc) is 3.35. The Morgan fingerprint density at radius 2 is 2.04 bits per heavy atom. The van der Waals surface area contributed by atoms with Gasteiger partial charge in [0.25, 0.3) is 5.91 Å². The lowest BCUT2D eigenvalue weighted by Gasteiger charge is -2.34. The molecule has 24 heavy (non-hydrogen) atoms. The van der Waals surface area contributed by atoms with E-state index in [0.29, 0.717) is 30.3 Å². The van der Waals surface area contributed by atoms with E-state index in [4.69, 9.17) is 8.94 Å². The van der Waals surface area contributed by atoms with Crippen molar-refractivity contribution >= 4 is 11.9 Å². The quantitative estimate of drug-likeness (QED) is 0.727. The monoisotopic (exact) mass is 327 g/mol. The van der Waals surface area contributed by atoms with Gasteiger partial charge in [0.15, 0.2) is 11.5 Å². The molecule has 124 valence electrons. The van der Waals surface area contributed by atoms with Gasteiger partial charge in [-0.1, -0.05) is 5.16 Å². The molecule has 8 nitrogen and oxygen atoms in total. The third-order valence-electron chi connectivity index (χ3n) is 4.14. The van der Waals surface area contributed by atoms with Gasteiger partial charge in [-0.2, -0.15) is 0 Å². The molecule has 0 atom stereocenters. The summed E-state index contributed by atoms with van der Waals surface area (Å²) < 4.78 is 12.4. The van der Waals surface area contributed by atoms with Crippen molar-refractivity contribution in [1.29, 1.82) is 0 Å². The lowest BCUT2D eigenvalue weighted by Crippen LogP contribution is -2.49. The van der Waals surface area contributed by atoms with Crippen molar-refractivity contribution in [1.82, 2.24) is 19.6 Å². The highest BCUT2D eigenvalue weighted by molar-refractivity contribution is 5.93. The van der Waals surface area contributed by atoms with E-state index in [9.17, 15) is 4.79 Å². The molecule has 4 rings (SSSR count). The van der Waals surface area contributed by atoms with E-state index in [-0.39, 0.29) is 5.91 Å². The molecule has 0 spiro atoms. The van der Waals surface area contributed by atoms with Crippen LogP contribution in [0.2, 0.25) is 0 Å². The molecule has 0 aromatic carbocycles. The summed E-state index contributed by atoms with van der Waals surface area (Å²) in [6.45, 7) is 2.71. The van der Waals surface area contributed by atoms with Gasteiger partial charge in [0.2, 0.25) is 11.7 Å². The number of piperazine rings is 1. The zero-order chi connectivity index (χ0) is 16.5. The van der Waals surface area contributed by atoms with Crippen LogP contribution in [-0.4, -0.2) is 51.7 Å². The second-order valence-corrected chi connectivity index (χ2v) is 5.67. The summed E-state index contributed by atoms with van der Waals surface area (Å²) in [5.41, 5.74) is 0.298. The third kappa shape index (κ3) is 2.55. The highest BCUT2D eigenvalue weighted by Crippen LogP contribution is 2.22. The number of aryl methyl sites for hydroxylation is 1. The first-order valence-corrected chi connectivity index (χ1v) is 7.74. The van der Waals surface area contributed by atoms with Gasteiger partial charge in [-0.15, -0.1) is 0 Å². The molecule has 0 saturated carbocycles. The summed E-state index contributed by atoms with van der Waals surface area (Å²) in [6.07, 6.45) is 5.24. The van der Waals surface area contributed by atoms with Crippen LogP contribution < -0.4 is 4.90 Å². The maximum atomic E-state index is 12.6. The smallest absolute Gasteiger partial charge is 0.276 e. The SMILES string of the molecule is Cn1ccnc1N1CCN(C(=O)c2cc(-c3ccco3)on2)CC1. The molecule has 3 aromatic rings. The number of rotatable bonds is 3. The highest BCUT2D eigenvalue weighted by Gasteiger charge is 2.26. The number of furan rings is 1. The molecule has 1 aliphatic rings. The number of carbonyl (C=O) groups excluding carboxylic acids is 1. The first-order valence-electron chi connectivity index (χ1n) is 7.74. The molecule has 3 aromatic heterocycles. The Labute approximate surface area is 138 Å². The maximum Gasteiger partial charge on any atom is 0.276 e. The number of anilines is 1. The highest BCUT2D eigenvalue weighted by atomic mass is 16.5. The summed E-state index contributed by atoms with van der Waals surface area (Å²) in [5, 5.41) is 3.87. The van der Waals surface area contributed by atoms with Gasteiger partial charge in [-0.05, 0) is 12.1 Å². The molecule has 0 radical (unpaired) electrons. The Bertz CT molecular complexity index is 828. The first kappa shape index (κ1) is 14.6. The van der Waals surface area contributed by atoms with Gasteiger partial charge in [-0.25, -0.2) is 4.98 Å². The second kappa shape index (κ2) is 5.88. The Kier molecular flexibility index (Phi) is 3.56. The van der Waals surface area contributed by atoms with Crippen LogP contribution in [0, 0.1) is 0 Å². The molecule has 0 N–H and O–H groups in total. The van der Waals surface area contributed by atoms with E-state index in [0.717, 1.165) is 19.0 Å². The van der Waals surface area contributed by atoms with E-state index < -0.39 is 0 Å². The Hall–Kier alpha value is -3.03. The van der Waals surface area contributed by atoms with Crippen molar-refractivity contribution in [2.24, 2.45) is 7.05 Å². The van der Waals surface area contributed by atoms with Gasteiger partial charge in [-0.3, -0.25) is 4.79 Å². The zero-order valence-electron chi connectivity index (χ0n) is 13.3. The zero-order valence-corrected chi connectivity index (χ0v) is 13.3. The average molecular weight is 327 g/mol. The second-order valence-electron chi connectivity index (χ2n) is 5.67. The van der Waals surface area contributed by atoms with E-state index in [2.05, 4.69) is 15.0 Å². The van der Waals surface area contributed by atoms with E-state index in [1.807, 2.05) is 17.8 Å². The van der Waals surface area contributed by atoms with Gasteiger partial charge in [0, 0.05) is 51.7 Å². The number of nitrogens with zero attached hydrogens (tertiary/aromatic N) is 5. The summed E-state index contributed by atoms with van der Waals surface area (Å²) >= 11 is 0. The lowest BCUT2D eigenvalue weighted by molar-refractivity contribution is 0.0735. The van der Waals surface area contributed by atoms with Crippen LogP contribution in [0.3, 0.4) is 0 Å². The van der Waals surface area contributed by atoms with E-state index in [1.165, 1.54) is 0 Å². The molecule has 0 unspecified atom stereocenters. The Balaban J connectivity index is 1.42. The van der Waals surface area contributed by atoms with E-state index in [1.54, 1.807) is 35.6 Å². The summed E-state index contributed by atoms with van der Waals surface area (Å²) in [5.74, 6) is 1.80. The Morgan fingerprint density at radius 3 is 2.71 bits per heavy atom.